The average molecular weight is 179 g/mol. The third-order valence-electron chi connectivity index (χ3n) is 2.19. The van der Waals surface area contributed by atoms with E-state index < -0.39 is 0 Å². The molecule has 0 saturated carbocycles. The van der Waals surface area contributed by atoms with Crippen molar-refractivity contribution < 1.29 is 0 Å². The van der Waals surface area contributed by atoms with E-state index in [2.05, 4.69) is 37.2 Å². The molecule has 13 heavy (non-hydrogen) atoms. The van der Waals surface area contributed by atoms with Crippen molar-refractivity contribution in [3.8, 4) is 0 Å². The Morgan fingerprint density at radius 1 is 1.46 bits per heavy atom. The molecule has 1 aromatic rings. The Morgan fingerprint density at radius 2 is 2.15 bits per heavy atom. The van der Waals surface area contributed by atoms with Crippen LogP contribution in [-0.2, 0) is 0 Å². The van der Waals surface area contributed by atoms with E-state index in [4.69, 9.17) is 5.84 Å². The van der Waals surface area contributed by atoms with Crippen LogP contribution in [0, 0.1) is 12.8 Å². The first kappa shape index (κ1) is 10.2. The van der Waals surface area contributed by atoms with E-state index in [1.54, 1.807) is 6.20 Å². The lowest BCUT2D eigenvalue weighted by Gasteiger charge is -2.20. The molecule has 0 aliphatic rings. The third kappa shape index (κ3) is 2.26. The van der Waals surface area contributed by atoms with Crippen molar-refractivity contribution in [2.45, 2.75) is 26.8 Å². The molecule has 1 unspecified atom stereocenters. The van der Waals surface area contributed by atoms with Crippen molar-refractivity contribution in [1.82, 2.24) is 10.4 Å². The number of rotatable bonds is 3. The summed E-state index contributed by atoms with van der Waals surface area (Å²) in [7, 11) is 0. The Bertz CT molecular complexity index is 271. The number of hydrogen-bond donors (Lipinski definition) is 2. The molecular weight excluding hydrogens is 162 g/mol. The van der Waals surface area contributed by atoms with E-state index in [1.807, 2.05) is 6.07 Å². The lowest BCUT2D eigenvalue weighted by Crippen LogP contribution is -2.32. The number of aryl methyl sites for hydroxylation is 1. The van der Waals surface area contributed by atoms with Gasteiger partial charge in [0.2, 0.25) is 0 Å². The molecule has 1 rings (SSSR count). The first-order chi connectivity index (χ1) is 6.16. The van der Waals surface area contributed by atoms with Gasteiger partial charge in [-0.25, -0.2) is 0 Å². The predicted molar refractivity (Wildman–Crippen MR) is 53.9 cm³/mol. The number of hydrogen-bond acceptors (Lipinski definition) is 3. The standard InChI is InChI=1S/C10H17N3/c1-7(2)9(13-11)10-8(3)5-4-6-12-10/h4-7,9,13H,11H2,1-3H3. The molecule has 0 radical (unpaired) electrons. The minimum atomic E-state index is 0.140. The summed E-state index contributed by atoms with van der Waals surface area (Å²) >= 11 is 0. The van der Waals surface area contributed by atoms with Gasteiger partial charge < -0.3 is 0 Å². The highest BCUT2D eigenvalue weighted by Crippen LogP contribution is 2.20. The maximum atomic E-state index is 5.48. The third-order valence-corrected chi connectivity index (χ3v) is 2.19. The first-order valence-electron chi connectivity index (χ1n) is 4.54. The number of nitrogens with one attached hydrogen (secondary N) is 1. The minimum absolute atomic E-state index is 0.140. The average Bonchev–Trinajstić information content (AvgIpc) is 2.09. The van der Waals surface area contributed by atoms with Crippen molar-refractivity contribution in [1.29, 1.82) is 0 Å². The lowest BCUT2D eigenvalue weighted by molar-refractivity contribution is 0.410. The summed E-state index contributed by atoms with van der Waals surface area (Å²) in [6.45, 7) is 6.30. The molecule has 72 valence electrons. The Balaban J connectivity index is 2.97. The molecule has 1 aromatic heterocycles. The highest BCUT2D eigenvalue weighted by atomic mass is 15.2. The largest absolute Gasteiger partial charge is 0.271 e. The van der Waals surface area contributed by atoms with E-state index in [9.17, 15) is 0 Å². The molecule has 0 fully saturated rings. The van der Waals surface area contributed by atoms with Crippen molar-refractivity contribution >= 4 is 0 Å². The topological polar surface area (TPSA) is 50.9 Å². The summed E-state index contributed by atoms with van der Waals surface area (Å²) in [6.07, 6.45) is 1.80. The summed E-state index contributed by atoms with van der Waals surface area (Å²) in [6, 6.07) is 4.13. The zero-order chi connectivity index (χ0) is 9.84. The van der Waals surface area contributed by atoms with Crippen molar-refractivity contribution in [2.24, 2.45) is 11.8 Å². The van der Waals surface area contributed by atoms with Gasteiger partial charge in [0.05, 0.1) is 11.7 Å². The summed E-state index contributed by atoms with van der Waals surface area (Å²) in [4.78, 5) is 4.33. The fraction of sp³-hybridized carbons (Fsp3) is 0.500. The molecule has 0 amide bonds. The second kappa shape index (κ2) is 4.35. The van der Waals surface area contributed by atoms with Gasteiger partial charge in [-0.2, -0.15) is 0 Å². The molecule has 1 atom stereocenters. The van der Waals surface area contributed by atoms with Gasteiger partial charge >= 0.3 is 0 Å². The zero-order valence-corrected chi connectivity index (χ0v) is 8.41. The van der Waals surface area contributed by atoms with Crippen LogP contribution in [0.25, 0.3) is 0 Å². The second-order valence-electron chi connectivity index (χ2n) is 3.59. The Hall–Kier alpha value is -0.930. The molecule has 3 nitrogen and oxygen atoms in total. The summed E-state index contributed by atoms with van der Waals surface area (Å²) in [5, 5.41) is 0. The van der Waals surface area contributed by atoms with Crippen molar-refractivity contribution in [3.63, 3.8) is 0 Å². The van der Waals surface area contributed by atoms with Crippen LogP contribution in [0.1, 0.15) is 31.1 Å². The van der Waals surface area contributed by atoms with Gasteiger partial charge in [0, 0.05) is 6.20 Å². The Labute approximate surface area is 79.3 Å². The molecule has 3 heteroatoms. The van der Waals surface area contributed by atoms with Crippen molar-refractivity contribution in [2.75, 3.05) is 0 Å². The smallest absolute Gasteiger partial charge is 0.0657 e. The number of nitrogens with zero attached hydrogens (tertiary/aromatic N) is 1. The highest BCUT2D eigenvalue weighted by Gasteiger charge is 2.16. The second-order valence-corrected chi connectivity index (χ2v) is 3.59. The summed E-state index contributed by atoms with van der Waals surface area (Å²) < 4.78 is 0. The van der Waals surface area contributed by atoms with Gasteiger partial charge in [-0.1, -0.05) is 19.9 Å². The molecule has 0 spiro atoms. The van der Waals surface area contributed by atoms with Gasteiger partial charge in [-0.3, -0.25) is 16.3 Å². The van der Waals surface area contributed by atoms with E-state index in [0.717, 1.165) is 5.69 Å². The predicted octanol–water partition coefficient (Wildman–Crippen LogP) is 1.55. The number of hydrazine groups is 1. The van der Waals surface area contributed by atoms with Crippen molar-refractivity contribution in [3.05, 3.63) is 29.6 Å². The fourth-order valence-electron chi connectivity index (χ4n) is 1.41. The van der Waals surface area contributed by atoms with Gasteiger partial charge in [0.1, 0.15) is 0 Å². The molecular formula is C10H17N3. The minimum Gasteiger partial charge on any atom is -0.271 e. The number of nitrogens with two attached hydrogens (primary N) is 1. The van der Waals surface area contributed by atoms with E-state index in [1.165, 1.54) is 5.56 Å². The van der Waals surface area contributed by atoms with Crippen LogP contribution in [0.2, 0.25) is 0 Å². The Kier molecular flexibility index (Phi) is 3.39. The van der Waals surface area contributed by atoms with E-state index >= 15 is 0 Å². The maximum absolute atomic E-state index is 5.48. The normalized spacial score (nSPS) is 13.3. The quantitative estimate of drug-likeness (QED) is 0.546. The van der Waals surface area contributed by atoms with Crippen LogP contribution in [0.3, 0.4) is 0 Å². The first-order valence-corrected chi connectivity index (χ1v) is 4.54. The number of pyridine rings is 1. The molecule has 0 bridgehead atoms. The highest BCUT2D eigenvalue weighted by molar-refractivity contribution is 5.21. The zero-order valence-electron chi connectivity index (χ0n) is 8.41. The van der Waals surface area contributed by atoms with E-state index in [0.29, 0.717) is 5.92 Å². The van der Waals surface area contributed by atoms with Crippen LogP contribution in [0.15, 0.2) is 18.3 Å². The van der Waals surface area contributed by atoms with Crippen LogP contribution in [-0.4, -0.2) is 4.98 Å². The monoisotopic (exact) mass is 179 g/mol. The van der Waals surface area contributed by atoms with Gasteiger partial charge in [0.15, 0.2) is 0 Å². The summed E-state index contributed by atoms with van der Waals surface area (Å²) in [5.74, 6) is 5.93. The molecule has 0 saturated heterocycles. The Morgan fingerprint density at radius 3 is 2.62 bits per heavy atom. The molecule has 3 N–H and O–H groups in total. The van der Waals surface area contributed by atoms with Gasteiger partial charge in [0.25, 0.3) is 0 Å². The molecule has 0 aliphatic carbocycles. The maximum Gasteiger partial charge on any atom is 0.0657 e. The van der Waals surface area contributed by atoms with Crippen LogP contribution in [0.4, 0.5) is 0 Å². The van der Waals surface area contributed by atoms with Crippen LogP contribution < -0.4 is 11.3 Å². The van der Waals surface area contributed by atoms with Gasteiger partial charge in [-0.15, -0.1) is 0 Å². The SMILES string of the molecule is Cc1cccnc1C(NN)C(C)C. The summed E-state index contributed by atoms with van der Waals surface area (Å²) in [5.41, 5.74) is 5.02. The molecule has 1 heterocycles. The van der Waals surface area contributed by atoms with E-state index in [-0.39, 0.29) is 6.04 Å². The van der Waals surface area contributed by atoms with Gasteiger partial charge in [-0.05, 0) is 24.5 Å². The molecule has 0 aliphatic heterocycles. The van der Waals surface area contributed by atoms with Crippen LogP contribution in [0.5, 0.6) is 0 Å². The fourth-order valence-corrected chi connectivity index (χ4v) is 1.41. The lowest BCUT2D eigenvalue weighted by atomic mass is 9.98. The van der Waals surface area contributed by atoms with Crippen LogP contribution >= 0.6 is 0 Å². The number of aromatic nitrogens is 1. The molecule has 0 aromatic carbocycles.